The van der Waals surface area contributed by atoms with Gasteiger partial charge in [0, 0.05) is 17.0 Å². The van der Waals surface area contributed by atoms with Crippen molar-refractivity contribution in [1.82, 2.24) is 4.98 Å². The molecule has 0 N–H and O–H groups in total. The molecule has 19 heavy (non-hydrogen) atoms. The first-order chi connectivity index (χ1) is 9.10. The van der Waals surface area contributed by atoms with Gasteiger partial charge in [0.15, 0.2) is 5.69 Å². The normalized spacial score (nSPS) is 12.2. The van der Waals surface area contributed by atoms with E-state index < -0.39 is 0 Å². The average Bonchev–Trinajstić information content (AvgIpc) is 2.85. The van der Waals surface area contributed by atoms with Gasteiger partial charge in [-0.15, -0.1) is 0 Å². The monoisotopic (exact) mass is 272 g/mol. The molecular weight excluding hydrogens is 256 g/mol. The van der Waals surface area contributed by atoms with Gasteiger partial charge in [0.1, 0.15) is 0 Å². The third-order valence-corrected chi connectivity index (χ3v) is 3.86. The standard InChI is InChI=1S/C15H16N2OS/c1-10(2)18-15-17-9-14(19-15)11(3)12-5-7-13(16-4)8-6-12/h5-11H,1-3H3. The topological polar surface area (TPSA) is 26.5 Å². The first kappa shape index (κ1) is 13.6. The van der Waals surface area contributed by atoms with Crippen molar-refractivity contribution in [3.05, 3.63) is 52.3 Å². The van der Waals surface area contributed by atoms with Crippen molar-refractivity contribution < 1.29 is 4.74 Å². The Morgan fingerprint density at radius 2 is 1.89 bits per heavy atom. The second-order valence-electron chi connectivity index (χ2n) is 4.62. The van der Waals surface area contributed by atoms with Crippen molar-refractivity contribution in [3.63, 3.8) is 0 Å². The van der Waals surface area contributed by atoms with E-state index >= 15 is 0 Å². The van der Waals surface area contributed by atoms with E-state index in [2.05, 4.69) is 16.8 Å². The molecule has 1 unspecified atom stereocenters. The van der Waals surface area contributed by atoms with Crippen LogP contribution in [0.4, 0.5) is 5.69 Å². The maximum absolute atomic E-state index is 6.95. The fourth-order valence-corrected chi connectivity index (χ4v) is 2.69. The van der Waals surface area contributed by atoms with Gasteiger partial charge in [-0.1, -0.05) is 42.5 Å². The first-order valence-corrected chi connectivity index (χ1v) is 7.01. The lowest BCUT2D eigenvalue weighted by Gasteiger charge is -2.09. The highest BCUT2D eigenvalue weighted by Gasteiger charge is 2.13. The van der Waals surface area contributed by atoms with Crippen molar-refractivity contribution in [1.29, 1.82) is 0 Å². The third-order valence-electron chi connectivity index (χ3n) is 2.79. The van der Waals surface area contributed by atoms with E-state index in [0.29, 0.717) is 5.69 Å². The van der Waals surface area contributed by atoms with Crippen molar-refractivity contribution in [2.75, 3.05) is 0 Å². The van der Waals surface area contributed by atoms with E-state index in [1.54, 1.807) is 11.3 Å². The Bertz CT molecular complexity index is 581. The quantitative estimate of drug-likeness (QED) is 0.758. The van der Waals surface area contributed by atoms with Crippen molar-refractivity contribution >= 4 is 17.0 Å². The molecule has 0 radical (unpaired) electrons. The molecule has 0 aliphatic heterocycles. The summed E-state index contributed by atoms with van der Waals surface area (Å²) in [7, 11) is 0. The lowest BCUT2D eigenvalue weighted by Crippen LogP contribution is -2.04. The van der Waals surface area contributed by atoms with Crippen LogP contribution in [-0.4, -0.2) is 11.1 Å². The van der Waals surface area contributed by atoms with Gasteiger partial charge in [0.2, 0.25) is 0 Å². The lowest BCUT2D eigenvalue weighted by molar-refractivity contribution is 0.241. The number of ether oxygens (including phenoxy) is 1. The fraction of sp³-hybridized carbons (Fsp3) is 0.333. The third kappa shape index (κ3) is 3.33. The second kappa shape index (κ2) is 5.85. The van der Waals surface area contributed by atoms with Gasteiger partial charge in [0.25, 0.3) is 5.19 Å². The minimum Gasteiger partial charge on any atom is -0.467 e. The lowest BCUT2D eigenvalue weighted by atomic mass is 10.00. The maximum atomic E-state index is 6.95. The van der Waals surface area contributed by atoms with Gasteiger partial charge in [-0.05, 0) is 19.4 Å². The van der Waals surface area contributed by atoms with Gasteiger partial charge >= 0.3 is 0 Å². The number of rotatable bonds is 4. The zero-order chi connectivity index (χ0) is 13.8. The van der Waals surface area contributed by atoms with Gasteiger partial charge in [0.05, 0.1) is 12.7 Å². The SMILES string of the molecule is [C-]#[N+]c1ccc(C(C)c2cnc(OC(C)C)s2)cc1. The zero-order valence-corrected chi connectivity index (χ0v) is 12.1. The molecule has 0 saturated heterocycles. The molecule has 1 aromatic heterocycles. The van der Waals surface area contributed by atoms with Crippen LogP contribution in [0.1, 0.15) is 37.1 Å². The van der Waals surface area contributed by atoms with Crippen LogP contribution in [0, 0.1) is 6.57 Å². The van der Waals surface area contributed by atoms with E-state index in [1.807, 2.05) is 44.3 Å². The molecule has 2 rings (SSSR count). The molecule has 0 fully saturated rings. The molecule has 4 heteroatoms. The molecule has 0 bridgehead atoms. The zero-order valence-electron chi connectivity index (χ0n) is 11.3. The van der Waals surface area contributed by atoms with Crippen molar-refractivity contribution in [2.24, 2.45) is 0 Å². The maximum Gasteiger partial charge on any atom is 0.273 e. The predicted molar refractivity (Wildman–Crippen MR) is 78.1 cm³/mol. The highest BCUT2D eigenvalue weighted by Crippen LogP contribution is 2.32. The van der Waals surface area contributed by atoms with Crippen LogP contribution < -0.4 is 4.74 Å². The van der Waals surface area contributed by atoms with E-state index in [1.165, 1.54) is 10.4 Å². The van der Waals surface area contributed by atoms with Crippen LogP contribution in [0.3, 0.4) is 0 Å². The highest BCUT2D eigenvalue weighted by atomic mass is 32.1. The van der Waals surface area contributed by atoms with Gasteiger partial charge < -0.3 is 4.74 Å². The van der Waals surface area contributed by atoms with Crippen LogP contribution >= 0.6 is 11.3 Å². The molecule has 2 aromatic rings. The minimum atomic E-state index is 0.146. The smallest absolute Gasteiger partial charge is 0.273 e. The van der Waals surface area contributed by atoms with Crippen LogP contribution in [-0.2, 0) is 0 Å². The number of hydrogen-bond acceptors (Lipinski definition) is 3. The Hall–Kier alpha value is -1.86. The van der Waals surface area contributed by atoms with Gasteiger partial charge in [-0.2, -0.15) is 0 Å². The largest absolute Gasteiger partial charge is 0.467 e. The Kier molecular flexibility index (Phi) is 4.18. The molecule has 0 aliphatic carbocycles. The minimum absolute atomic E-state index is 0.146. The summed E-state index contributed by atoms with van der Waals surface area (Å²) in [4.78, 5) is 8.86. The van der Waals surface area contributed by atoms with Crippen LogP contribution in [0.2, 0.25) is 0 Å². The van der Waals surface area contributed by atoms with Crippen LogP contribution in [0.5, 0.6) is 5.19 Å². The van der Waals surface area contributed by atoms with E-state index in [9.17, 15) is 0 Å². The Morgan fingerprint density at radius 1 is 1.21 bits per heavy atom. The summed E-state index contributed by atoms with van der Waals surface area (Å²) in [6, 6.07) is 7.71. The van der Waals surface area contributed by atoms with Crippen molar-refractivity contribution in [3.8, 4) is 5.19 Å². The Balaban J connectivity index is 2.16. The van der Waals surface area contributed by atoms with E-state index in [0.717, 1.165) is 5.19 Å². The molecular formula is C15H16N2OS. The number of benzene rings is 1. The molecule has 0 spiro atoms. The van der Waals surface area contributed by atoms with E-state index in [4.69, 9.17) is 11.3 Å². The van der Waals surface area contributed by atoms with Gasteiger partial charge in [-0.3, -0.25) is 0 Å². The molecule has 98 valence electrons. The molecule has 0 amide bonds. The summed E-state index contributed by atoms with van der Waals surface area (Å²) in [6.45, 7) is 13.1. The molecule has 1 aromatic carbocycles. The Labute approximate surface area is 117 Å². The summed E-state index contributed by atoms with van der Waals surface area (Å²) in [6.07, 6.45) is 2.02. The molecule has 0 saturated carbocycles. The molecule has 1 atom stereocenters. The summed E-state index contributed by atoms with van der Waals surface area (Å²) >= 11 is 1.58. The van der Waals surface area contributed by atoms with Crippen LogP contribution in [0.15, 0.2) is 30.5 Å². The van der Waals surface area contributed by atoms with Crippen molar-refractivity contribution in [2.45, 2.75) is 32.8 Å². The summed E-state index contributed by atoms with van der Waals surface area (Å²) in [5.74, 6) is 0.266. The summed E-state index contributed by atoms with van der Waals surface area (Å²) < 4.78 is 5.59. The van der Waals surface area contributed by atoms with Gasteiger partial charge in [-0.25, -0.2) is 9.83 Å². The van der Waals surface area contributed by atoms with Crippen LogP contribution in [0.25, 0.3) is 4.85 Å². The fourth-order valence-electron chi connectivity index (χ4n) is 1.73. The highest BCUT2D eigenvalue weighted by molar-refractivity contribution is 7.13. The number of nitrogens with zero attached hydrogens (tertiary/aromatic N) is 2. The number of thiazole rings is 1. The molecule has 0 aliphatic rings. The second-order valence-corrected chi connectivity index (χ2v) is 5.64. The molecule has 1 heterocycles. The Morgan fingerprint density at radius 3 is 2.47 bits per heavy atom. The average molecular weight is 272 g/mol. The first-order valence-electron chi connectivity index (χ1n) is 6.20. The summed E-state index contributed by atoms with van der Waals surface area (Å²) in [5.41, 5.74) is 1.86. The number of hydrogen-bond donors (Lipinski definition) is 0. The summed E-state index contributed by atoms with van der Waals surface area (Å²) in [5, 5.41) is 0.717. The molecule has 3 nitrogen and oxygen atoms in total. The van der Waals surface area contributed by atoms with E-state index in [-0.39, 0.29) is 12.0 Å². The number of aromatic nitrogens is 1. The predicted octanol–water partition coefficient (Wildman–Crippen LogP) is 4.63.